The molecule has 1 aromatic carbocycles. The van der Waals surface area contributed by atoms with Gasteiger partial charge in [-0.15, -0.1) is 0 Å². The molecule has 1 aromatic heterocycles. The van der Waals surface area contributed by atoms with Crippen LogP contribution in [0.5, 0.6) is 0 Å². The SMILES string of the molecule is Cc1ccc(CNC(=O)/C=C/c2c(C)nn(C)c2C)cc1F. The van der Waals surface area contributed by atoms with Gasteiger partial charge in [0, 0.05) is 30.9 Å². The molecule has 0 spiro atoms. The Labute approximate surface area is 129 Å². The average Bonchev–Trinajstić information content (AvgIpc) is 2.71. The minimum absolute atomic E-state index is 0.219. The van der Waals surface area contributed by atoms with Gasteiger partial charge < -0.3 is 5.32 Å². The Kier molecular flexibility index (Phi) is 4.75. The molecule has 0 aliphatic carbocycles. The van der Waals surface area contributed by atoms with E-state index in [1.54, 1.807) is 29.8 Å². The second-order valence-electron chi connectivity index (χ2n) is 5.34. The zero-order chi connectivity index (χ0) is 16.3. The molecule has 0 saturated carbocycles. The maximum Gasteiger partial charge on any atom is 0.244 e. The van der Waals surface area contributed by atoms with E-state index in [1.165, 1.54) is 12.1 Å². The summed E-state index contributed by atoms with van der Waals surface area (Å²) >= 11 is 0. The highest BCUT2D eigenvalue weighted by molar-refractivity contribution is 5.91. The fourth-order valence-electron chi connectivity index (χ4n) is 2.18. The van der Waals surface area contributed by atoms with Crippen LogP contribution < -0.4 is 5.32 Å². The molecule has 0 saturated heterocycles. The van der Waals surface area contributed by atoms with Crippen molar-refractivity contribution in [2.24, 2.45) is 7.05 Å². The van der Waals surface area contributed by atoms with E-state index in [9.17, 15) is 9.18 Å². The molecule has 1 heterocycles. The molecule has 116 valence electrons. The molecule has 1 N–H and O–H groups in total. The lowest BCUT2D eigenvalue weighted by molar-refractivity contribution is -0.116. The molecule has 0 atom stereocenters. The molecule has 1 amide bonds. The first-order chi connectivity index (χ1) is 10.4. The van der Waals surface area contributed by atoms with Gasteiger partial charge in [0.2, 0.25) is 5.91 Å². The van der Waals surface area contributed by atoms with Gasteiger partial charge in [0.15, 0.2) is 0 Å². The van der Waals surface area contributed by atoms with Crippen molar-refractivity contribution in [2.45, 2.75) is 27.3 Å². The van der Waals surface area contributed by atoms with E-state index < -0.39 is 0 Å². The van der Waals surface area contributed by atoms with E-state index in [2.05, 4.69) is 10.4 Å². The first-order valence-electron chi connectivity index (χ1n) is 7.09. The lowest BCUT2D eigenvalue weighted by atomic mass is 10.1. The highest BCUT2D eigenvalue weighted by Gasteiger charge is 2.06. The average molecular weight is 301 g/mol. The smallest absolute Gasteiger partial charge is 0.244 e. The zero-order valence-corrected chi connectivity index (χ0v) is 13.3. The van der Waals surface area contributed by atoms with Crippen molar-refractivity contribution in [3.05, 3.63) is 58.2 Å². The molecule has 0 unspecified atom stereocenters. The van der Waals surface area contributed by atoms with E-state index in [-0.39, 0.29) is 11.7 Å². The summed E-state index contributed by atoms with van der Waals surface area (Å²) in [7, 11) is 1.87. The summed E-state index contributed by atoms with van der Waals surface area (Å²) in [6, 6.07) is 4.95. The van der Waals surface area contributed by atoms with Crippen molar-refractivity contribution in [2.75, 3.05) is 0 Å². The number of carbonyl (C=O) groups is 1. The van der Waals surface area contributed by atoms with Crippen LogP contribution in [0.3, 0.4) is 0 Å². The van der Waals surface area contributed by atoms with Crippen LogP contribution in [0.2, 0.25) is 0 Å². The van der Waals surface area contributed by atoms with Crippen molar-refractivity contribution < 1.29 is 9.18 Å². The second kappa shape index (κ2) is 6.56. The summed E-state index contributed by atoms with van der Waals surface area (Å²) in [5.74, 6) is -0.479. The van der Waals surface area contributed by atoms with Crippen LogP contribution in [-0.4, -0.2) is 15.7 Å². The Morgan fingerprint density at radius 3 is 2.68 bits per heavy atom. The highest BCUT2D eigenvalue weighted by atomic mass is 19.1. The van der Waals surface area contributed by atoms with Crippen LogP contribution in [0.1, 0.15) is 28.1 Å². The fourth-order valence-corrected chi connectivity index (χ4v) is 2.18. The lowest BCUT2D eigenvalue weighted by Gasteiger charge is -2.04. The van der Waals surface area contributed by atoms with E-state index >= 15 is 0 Å². The molecule has 5 heteroatoms. The molecule has 0 aliphatic heterocycles. The third kappa shape index (κ3) is 3.61. The van der Waals surface area contributed by atoms with Crippen LogP contribution in [0.4, 0.5) is 4.39 Å². The molecule has 0 aliphatic rings. The Bertz CT molecular complexity index is 732. The Hall–Kier alpha value is -2.43. The summed E-state index contributed by atoms with van der Waals surface area (Å²) in [5, 5.41) is 7.03. The summed E-state index contributed by atoms with van der Waals surface area (Å²) in [6.07, 6.45) is 3.23. The van der Waals surface area contributed by atoms with Crippen molar-refractivity contribution >= 4 is 12.0 Å². The van der Waals surface area contributed by atoms with E-state index in [1.807, 2.05) is 20.9 Å². The van der Waals surface area contributed by atoms with Crippen molar-refractivity contribution in [1.82, 2.24) is 15.1 Å². The van der Waals surface area contributed by atoms with Gasteiger partial charge in [-0.2, -0.15) is 5.10 Å². The fraction of sp³-hybridized carbons (Fsp3) is 0.294. The number of rotatable bonds is 4. The lowest BCUT2D eigenvalue weighted by Crippen LogP contribution is -2.20. The van der Waals surface area contributed by atoms with E-state index in [0.717, 1.165) is 22.5 Å². The molecule has 0 bridgehead atoms. The minimum Gasteiger partial charge on any atom is -0.348 e. The normalized spacial score (nSPS) is 11.1. The van der Waals surface area contributed by atoms with E-state index in [4.69, 9.17) is 0 Å². The number of halogens is 1. The maximum atomic E-state index is 13.4. The van der Waals surface area contributed by atoms with Gasteiger partial charge in [-0.1, -0.05) is 12.1 Å². The number of hydrogen-bond acceptors (Lipinski definition) is 2. The van der Waals surface area contributed by atoms with Crippen LogP contribution >= 0.6 is 0 Å². The van der Waals surface area contributed by atoms with Gasteiger partial charge in [0.25, 0.3) is 0 Å². The van der Waals surface area contributed by atoms with Crippen LogP contribution in [0.15, 0.2) is 24.3 Å². The topological polar surface area (TPSA) is 46.9 Å². The predicted octanol–water partition coefficient (Wildman–Crippen LogP) is 2.81. The standard InChI is InChI=1S/C17H20FN3O/c1-11-5-6-14(9-16(11)18)10-19-17(22)8-7-15-12(2)20-21(4)13(15)3/h5-9H,10H2,1-4H3,(H,19,22)/b8-7+. The number of aryl methyl sites for hydroxylation is 3. The van der Waals surface area contributed by atoms with Gasteiger partial charge in [0.1, 0.15) is 5.82 Å². The second-order valence-corrected chi connectivity index (χ2v) is 5.34. The van der Waals surface area contributed by atoms with Gasteiger partial charge >= 0.3 is 0 Å². The Morgan fingerprint density at radius 2 is 2.09 bits per heavy atom. The predicted molar refractivity (Wildman–Crippen MR) is 84.7 cm³/mol. The van der Waals surface area contributed by atoms with Crippen molar-refractivity contribution in [1.29, 1.82) is 0 Å². The number of nitrogens with zero attached hydrogens (tertiary/aromatic N) is 2. The number of amides is 1. The van der Waals surface area contributed by atoms with Gasteiger partial charge in [-0.3, -0.25) is 9.48 Å². The number of nitrogens with one attached hydrogen (secondary N) is 1. The first-order valence-corrected chi connectivity index (χ1v) is 7.09. The largest absolute Gasteiger partial charge is 0.348 e. The third-order valence-corrected chi connectivity index (χ3v) is 3.67. The molecule has 2 aromatic rings. The molecule has 22 heavy (non-hydrogen) atoms. The van der Waals surface area contributed by atoms with Crippen molar-refractivity contribution in [3.8, 4) is 0 Å². The quantitative estimate of drug-likeness (QED) is 0.883. The number of hydrogen-bond donors (Lipinski definition) is 1. The molecular weight excluding hydrogens is 281 g/mol. The van der Waals surface area contributed by atoms with Gasteiger partial charge in [-0.05, 0) is 44.0 Å². The van der Waals surface area contributed by atoms with Crippen LogP contribution in [-0.2, 0) is 18.4 Å². The van der Waals surface area contributed by atoms with Gasteiger partial charge in [-0.25, -0.2) is 4.39 Å². The minimum atomic E-state index is -0.260. The molecular formula is C17H20FN3O. The molecule has 0 fully saturated rings. The molecule has 0 radical (unpaired) electrons. The summed E-state index contributed by atoms with van der Waals surface area (Å²) in [4.78, 5) is 11.9. The van der Waals surface area contributed by atoms with Gasteiger partial charge in [0.05, 0.1) is 5.69 Å². The number of carbonyl (C=O) groups excluding carboxylic acids is 1. The van der Waals surface area contributed by atoms with Crippen LogP contribution in [0.25, 0.3) is 6.08 Å². The monoisotopic (exact) mass is 301 g/mol. The summed E-state index contributed by atoms with van der Waals surface area (Å²) < 4.78 is 15.2. The van der Waals surface area contributed by atoms with E-state index in [0.29, 0.717) is 12.1 Å². The first kappa shape index (κ1) is 15.9. The summed E-state index contributed by atoms with van der Waals surface area (Å²) in [5.41, 5.74) is 4.15. The number of aromatic nitrogens is 2. The Morgan fingerprint density at radius 1 is 1.36 bits per heavy atom. The Balaban J connectivity index is 1.98. The molecule has 4 nitrogen and oxygen atoms in total. The zero-order valence-electron chi connectivity index (χ0n) is 13.3. The molecule has 2 rings (SSSR count). The van der Waals surface area contributed by atoms with Crippen LogP contribution in [0, 0.1) is 26.6 Å². The number of benzene rings is 1. The maximum absolute atomic E-state index is 13.4. The summed E-state index contributed by atoms with van der Waals surface area (Å²) in [6.45, 7) is 5.86. The van der Waals surface area contributed by atoms with Crippen molar-refractivity contribution in [3.63, 3.8) is 0 Å². The third-order valence-electron chi connectivity index (χ3n) is 3.67. The highest BCUT2D eigenvalue weighted by Crippen LogP contribution is 2.13.